The lowest BCUT2D eigenvalue weighted by Gasteiger charge is -2.18. The molecule has 0 bridgehead atoms. The Balaban J connectivity index is 1.43. The van der Waals surface area contributed by atoms with Crippen LogP contribution in [0.15, 0.2) is 36.4 Å². The lowest BCUT2D eigenvalue weighted by Crippen LogP contribution is -2.39. The van der Waals surface area contributed by atoms with Crippen molar-refractivity contribution in [1.29, 1.82) is 0 Å². The number of ether oxygens (including phenoxy) is 1. The van der Waals surface area contributed by atoms with Crippen LogP contribution in [0, 0.1) is 5.92 Å². The van der Waals surface area contributed by atoms with E-state index in [0.29, 0.717) is 32.6 Å². The molecular weight excluding hydrogens is 371 g/mol. The molecule has 1 aliphatic heterocycles. The molecule has 1 saturated heterocycles. The van der Waals surface area contributed by atoms with Gasteiger partial charge in [-0.15, -0.1) is 0 Å². The minimum Gasteiger partial charge on any atom is -0.497 e. The van der Waals surface area contributed by atoms with E-state index >= 15 is 0 Å². The van der Waals surface area contributed by atoms with Gasteiger partial charge in [0, 0.05) is 19.6 Å². The lowest BCUT2D eigenvalue weighted by atomic mass is 10.1. The molecule has 152 valence electrons. The number of benzene rings is 2. The molecule has 8 heteroatoms. The minimum atomic E-state index is -4.18. The molecule has 0 saturated carbocycles. The summed E-state index contributed by atoms with van der Waals surface area (Å²) in [5.74, 6) is 0.835. The predicted octanol–water partition coefficient (Wildman–Crippen LogP) is 3.53. The summed E-state index contributed by atoms with van der Waals surface area (Å²) in [7, 11) is 1.62. The second-order valence-electron chi connectivity index (χ2n) is 7.12. The minimum absolute atomic E-state index is 0.0451. The Kier molecular flexibility index (Phi) is 6.28. The zero-order valence-corrected chi connectivity index (χ0v) is 15.7. The van der Waals surface area contributed by atoms with Gasteiger partial charge in [0.25, 0.3) is 0 Å². The molecule has 2 aromatic rings. The summed E-state index contributed by atoms with van der Waals surface area (Å²) in [6.45, 7) is 0.628. The summed E-state index contributed by atoms with van der Waals surface area (Å²) in [6, 6.07) is 11.4. The molecule has 2 aromatic carbocycles. The number of alkyl halides is 3. The average Bonchev–Trinajstić information content (AvgIpc) is 3.09. The number of rotatable bonds is 6. The highest BCUT2D eigenvalue weighted by Gasteiger charge is 2.34. The fraction of sp³-hybridized carbons (Fsp3) is 0.450. The van der Waals surface area contributed by atoms with E-state index in [9.17, 15) is 18.0 Å². The zero-order valence-electron chi connectivity index (χ0n) is 15.7. The van der Waals surface area contributed by atoms with Gasteiger partial charge in [0.05, 0.1) is 13.7 Å². The summed E-state index contributed by atoms with van der Waals surface area (Å²) in [4.78, 5) is 13.4. The number of nitrogens with one attached hydrogen (secondary N) is 2. The van der Waals surface area contributed by atoms with Crippen molar-refractivity contribution in [1.82, 2.24) is 15.5 Å². The number of likely N-dealkylation sites (tertiary alicyclic amines) is 1. The van der Waals surface area contributed by atoms with Gasteiger partial charge >= 0.3 is 12.2 Å². The quantitative estimate of drug-likeness (QED) is 0.787. The highest BCUT2D eigenvalue weighted by Crippen LogP contribution is 2.23. The van der Waals surface area contributed by atoms with Crippen LogP contribution in [0.25, 0.3) is 10.8 Å². The van der Waals surface area contributed by atoms with Gasteiger partial charge in [-0.05, 0) is 53.4 Å². The molecule has 28 heavy (non-hydrogen) atoms. The third-order valence-electron chi connectivity index (χ3n) is 4.89. The molecule has 1 fully saturated rings. The first kappa shape index (κ1) is 20.3. The van der Waals surface area contributed by atoms with E-state index in [0.717, 1.165) is 22.1 Å². The molecule has 1 heterocycles. The monoisotopic (exact) mass is 395 g/mol. The molecule has 3 rings (SSSR count). The van der Waals surface area contributed by atoms with Crippen molar-refractivity contribution >= 4 is 16.8 Å². The Morgan fingerprint density at radius 2 is 1.93 bits per heavy atom. The standard InChI is InChI=1S/C20H24F3N3O2/c1-28-18-5-4-16-8-14(2-3-17(16)9-18)10-24-19(27)25-11-15-6-7-26(12-15)13-20(21,22)23/h2-5,8-9,15H,6-7,10-13H2,1H3,(H2,24,25,27)/t15-/m0/s1. The van der Waals surface area contributed by atoms with Crippen molar-refractivity contribution in [2.24, 2.45) is 5.92 Å². The highest BCUT2D eigenvalue weighted by molar-refractivity contribution is 5.84. The molecule has 5 nitrogen and oxygen atoms in total. The van der Waals surface area contributed by atoms with Crippen LogP contribution in [-0.4, -0.2) is 50.4 Å². The Labute approximate surface area is 161 Å². The van der Waals surface area contributed by atoms with Gasteiger partial charge in [0.2, 0.25) is 0 Å². The molecule has 0 aliphatic carbocycles. The Morgan fingerprint density at radius 3 is 2.68 bits per heavy atom. The number of carbonyl (C=O) groups is 1. The Morgan fingerprint density at radius 1 is 1.18 bits per heavy atom. The molecule has 1 aliphatic rings. The molecule has 2 amide bonds. The van der Waals surface area contributed by atoms with Crippen LogP contribution < -0.4 is 15.4 Å². The van der Waals surface area contributed by atoms with E-state index in [1.54, 1.807) is 7.11 Å². The number of fused-ring (bicyclic) bond motifs is 1. The zero-order chi connectivity index (χ0) is 20.1. The first-order valence-electron chi connectivity index (χ1n) is 9.20. The van der Waals surface area contributed by atoms with Gasteiger partial charge in [-0.2, -0.15) is 13.2 Å². The molecule has 0 spiro atoms. The van der Waals surface area contributed by atoms with E-state index < -0.39 is 12.7 Å². The lowest BCUT2D eigenvalue weighted by molar-refractivity contribution is -0.143. The number of urea groups is 1. The molecule has 0 radical (unpaired) electrons. The molecule has 0 aromatic heterocycles. The van der Waals surface area contributed by atoms with Crippen molar-refractivity contribution < 1.29 is 22.7 Å². The largest absolute Gasteiger partial charge is 0.497 e. The van der Waals surface area contributed by atoms with Gasteiger partial charge in [-0.1, -0.05) is 18.2 Å². The molecule has 1 atom stereocenters. The number of hydrogen-bond donors (Lipinski definition) is 2. The summed E-state index contributed by atoms with van der Waals surface area (Å²) in [5, 5.41) is 7.65. The van der Waals surface area contributed by atoms with Crippen LogP contribution in [0.1, 0.15) is 12.0 Å². The fourth-order valence-corrected chi connectivity index (χ4v) is 3.47. The van der Waals surface area contributed by atoms with Crippen molar-refractivity contribution in [3.63, 3.8) is 0 Å². The molecule has 2 N–H and O–H groups in total. The normalized spacial score (nSPS) is 17.6. The van der Waals surface area contributed by atoms with E-state index in [1.807, 2.05) is 36.4 Å². The number of nitrogens with zero attached hydrogens (tertiary/aromatic N) is 1. The van der Waals surface area contributed by atoms with Crippen molar-refractivity contribution in [2.45, 2.75) is 19.1 Å². The van der Waals surface area contributed by atoms with Crippen LogP contribution in [0.4, 0.5) is 18.0 Å². The average molecular weight is 395 g/mol. The summed E-state index contributed by atoms with van der Waals surface area (Å²) in [6.07, 6.45) is -3.52. The van der Waals surface area contributed by atoms with Crippen molar-refractivity contribution in [3.05, 3.63) is 42.0 Å². The number of amides is 2. The topological polar surface area (TPSA) is 53.6 Å². The van der Waals surface area contributed by atoms with Gasteiger partial charge in [-0.3, -0.25) is 4.90 Å². The maximum atomic E-state index is 12.4. The van der Waals surface area contributed by atoms with Crippen LogP contribution >= 0.6 is 0 Å². The van der Waals surface area contributed by atoms with Gasteiger partial charge in [0.1, 0.15) is 5.75 Å². The predicted molar refractivity (Wildman–Crippen MR) is 101 cm³/mol. The Hall–Kier alpha value is -2.48. The second kappa shape index (κ2) is 8.68. The summed E-state index contributed by atoms with van der Waals surface area (Å²) < 4.78 is 42.5. The fourth-order valence-electron chi connectivity index (χ4n) is 3.47. The number of hydrogen-bond acceptors (Lipinski definition) is 3. The van der Waals surface area contributed by atoms with Crippen LogP contribution in [-0.2, 0) is 6.54 Å². The van der Waals surface area contributed by atoms with E-state index in [2.05, 4.69) is 10.6 Å². The Bertz CT molecular complexity index is 826. The van der Waals surface area contributed by atoms with E-state index in [-0.39, 0.29) is 11.9 Å². The highest BCUT2D eigenvalue weighted by atomic mass is 19.4. The van der Waals surface area contributed by atoms with Crippen LogP contribution in [0.5, 0.6) is 5.75 Å². The maximum absolute atomic E-state index is 12.4. The van der Waals surface area contributed by atoms with Crippen LogP contribution in [0.2, 0.25) is 0 Å². The second-order valence-corrected chi connectivity index (χ2v) is 7.12. The molecular formula is C20H24F3N3O2. The van der Waals surface area contributed by atoms with Gasteiger partial charge in [0.15, 0.2) is 0 Å². The van der Waals surface area contributed by atoms with Crippen molar-refractivity contribution in [2.75, 3.05) is 33.3 Å². The van der Waals surface area contributed by atoms with Gasteiger partial charge < -0.3 is 15.4 Å². The SMILES string of the molecule is COc1ccc2cc(CNC(=O)NC[C@@H]3CCN(CC(F)(F)F)C3)ccc2c1. The first-order valence-corrected chi connectivity index (χ1v) is 9.20. The summed E-state index contributed by atoms with van der Waals surface area (Å²) in [5.41, 5.74) is 0.963. The third kappa shape index (κ3) is 5.76. The van der Waals surface area contributed by atoms with Crippen LogP contribution in [0.3, 0.4) is 0 Å². The number of carbonyl (C=O) groups excluding carboxylic acids is 1. The third-order valence-corrected chi connectivity index (χ3v) is 4.89. The smallest absolute Gasteiger partial charge is 0.401 e. The number of methoxy groups -OCH3 is 1. The maximum Gasteiger partial charge on any atom is 0.401 e. The van der Waals surface area contributed by atoms with E-state index in [1.165, 1.54) is 4.90 Å². The molecule has 0 unspecified atom stereocenters. The summed E-state index contributed by atoms with van der Waals surface area (Å²) >= 11 is 0. The van der Waals surface area contributed by atoms with E-state index in [4.69, 9.17) is 4.74 Å². The number of halogens is 3. The van der Waals surface area contributed by atoms with Gasteiger partial charge in [-0.25, -0.2) is 4.79 Å². The van der Waals surface area contributed by atoms with Crippen molar-refractivity contribution in [3.8, 4) is 5.75 Å². The first-order chi connectivity index (χ1) is 13.3.